The zero-order chi connectivity index (χ0) is 13.2. The molecule has 1 heteroatoms. The van der Waals surface area contributed by atoms with E-state index in [0.717, 1.165) is 0 Å². The van der Waals surface area contributed by atoms with Crippen molar-refractivity contribution in [3.63, 3.8) is 0 Å². The third kappa shape index (κ3) is 10.7. The van der Waals surface area contributed by atoms with E-state index in [-0.39, 0.29) is 0 Å². The van der Waals surface area contributed by atoms with E-state index in [1.807, 2.05) is 0 Å². The Labute approximate surface area is 106 Å². The van der Waals surface area contributed by atoms with E-state index in [9.17, 15) is 0 Å². The molecule has 0 nitrogen and oxygen atoms in total. The summed E-state index contributed by atoms with van der Waals surface area (Å²) in [5.74, 6) is 0. The molecule has 0 amide bonds. The van der Waals surface area contributed by atoms with E-state index in [1.54, 1.807) is 0 Å². The molecule has 98 valence electrons. The average molecular weight is 243 g/mol. The van der Waals surface area contributed by atoms with Crippen molar-refractivity contribution < 1.29 is 0 Å². The smallest absolute Gasteiger partial charge is 0.0383 e. The van der Waals surface area contributed by atoms with Gasteiger partial charge in [0.05, 0.1) is 0 Å². The molecule has 0 spiro atoms. The summed E-state index contributed by atoms with van der Waals surface area (Å²) in [5.41, 5.74) is 1.56. The van der Waals surface area contributed by atoms with Gasteiger partial charge in [0, 0.05) is 8.80 Å². The summed E-state index contributed by atoms with van der Waals surface area (Å²) in [6, 6.07) is 4.46. The van der Waals surface area contributed by atoms with E-state index in [4.69, 9.17) is 0 Å². The fourth-order valence-electron chi connectivity index (χ4n) is 2.81. The highest BCUT2D eigenvalue weighted by Gasteiger charge is 2.28. The highest BCUT2D eigenvalue weighted by atomic mass is 28.3. The maximum atomic E-state index is 2.40. The van der Waals surface area contributed by atoms with E-state index in [1.165, 1.54) is 18.1 Å². The van der Waals surface area contributed by atoms with Gasteiger partial charge in [0.1, 0.15) is 0 Å². The molecule has 0 atom stereocenters. The summed E-state index contributed by atoms with van der Waals surface area (Å²) >= 11 is 0. The molecule has 16 heavy (non-hydrogen) atoms. The van der Waals surface area contributed by atoms with Crippen LogP contribution < -0.4 is 0 Å². The molecule has 0 aromatic carbocycles. The van der Waals surface area contributed by atoms with Crippen LogP contribution in [-0.2, 0) is 0 Å². The minimum absolute atomic E-state index is 0.521. The van der Waals surface area contributed by atoms with Crippen molar-refractivity contribution >= 4 is 8.80 Å². The van der Waals surface area contributed by atoms with Crippen LogP contribution in [0.15, 0.2) is 0 Å². The number of rotatable bonds is 3. The van der Waals surface area contributed by atoms with Crippen molar-refractivity contribution in [2.45, 2.75) is 80.4 Å². The molecular formula is C15H34Si. The highest BCUT2D eigenvalue weighted by molar-refractivity contribution is 6.59. The Morgan fingerprint density at radius 2 is 0.688 bits per heavy atom. The van der Waals surface area contributed by atoms with Crippen LogP contribution in [-0.4, -0.2) is 8.80 Å². The molecule has 0 N–H and O–H groups in total. The second-order valence-corrected chi connectivity index (χ2v) is 12.1. The predicted molar refractivity (Wildman–Crippen MR) is 79.9 cm³/mol. The van der Waals surface area contributed by atoms with Gasteiger partial charge in [-0.2, -0.15) is 0 Å². The highest BCUT2D eigenvalue weighted by Crippen LogP contribution is 2.35. The van der Waals surface area contributed by atoms with Crippen molar-refractivity contribution in [3.05, 3.63) is 0 Å². The van der Waals surface area contributed by atoms with Crippen LogP contribution in [0, 0.1) is 16.2 Å². The molecule has 0 aliphatic heterocycles. The molecule has 0 saturated heterocycles. The van der Waals surface area contributed by atoms with Gasteiger partial charge in [-0.3, -0.25) is 0 Å². The molecule has 0 aliphatic carbocycles. The molecule has 0 heterocycles. The van der Waals surface area contributed by atoms with Crippen LogP contribution in [0.4, 0.5) is 0 Å². The maximum absolute atomic E-state index is 2.40. The minimum atomic E-state index is -0.609. The third-order valence-corrected chi connectivity index (χ3v) is 8.11. The lowest BCUT2D eigenvalue weighted by Gasteiger charge is -2.34. The summed E-state index contributed by atoms with van der Waals surface area (Å²) in [7, 11) is -0.609. The topological polar surface area (TPSA) is 0 Å². The van der Waals surface area contributed by atoms with Gasteiger partial charge in [-0.05, 0) is 16.2 Å². The standard InChI is InChI=1S/C15H34Si/c1-13(2,3)10-16(11-14(4,5)6)12-15(7,8)9/h16H,10-12H2,1-9H3. The van der Waals surface area contributed by atoms with Gasteiger partial charge >= 0.3 is 0 Å². The fourth-order valence-corrected chi connectivity index (χ4v) is 8.44. The van der Waals surface area contributed by atoms with Gasteiger partial charge < -0.3 is 0 Å². The zero-order valence-corrected chi connectivity index (χ0v) is 14.4. The summed E-state index contributed by atoms with van der Waals surface area (Å²) < 4.78 is 0. The Morgan fingerprint density at radius 3 is 0.812 bits per heavy atom. The Kier molecular flexibility index (Phi) is 5.32. The second-order valence-electron chi connectivity index (χ2n) is 9.16. The lowest BCUT2D eigenvalue weighted by molar-refractivity contribution is 0.417. The van der Waals surface area contributed by atoms with E-state index < -0.39 is 8.80 Å². The Morgan fingerprint density at radius 1 is 0.500 bits per heavy atom. The lowest BCUT2D eigenvalue weighted by Crippen LogP contribution is -2.29. The van der Waals surface area contributed by atoms with Crippen molar-refractivity contribution in [3.8, 4) is 0 Å². The average Bonchev–Trinajstić information content (AvgIpc) is 1.70. The van der Waals surface area contributed by atoms with E-state index in [0.29, 0.717) is 16.2 Å². The molecule has 0 fully saturated rings. The number of hydrogen-bond donors (Lipinski definition) is 0. The molecule has 0 radical (unpaired) electrons. The van der Waals surface area contributed by atoms with Crippen LogP contribution in [0.3, 0.4) is 0 Å². The van der Waals surface area contributed by atoms with Crippen molar-refractivity contribution in [2.24, 2.45) is 16.2 Å². The van der Waals surface area contributed by atoms with Gasteiger partial charge in [-0.1, -0.05) is 80.4 Å². The van der Waals surface area contributed by atoms with Gasteiger partial charge in [0.2, 0.25) is 0 Å². The first-order valence-corrected chi connectivity index (χ1v) is 9.23. The summed E-state index contributed by atoms with van der Waals surface area (Å²) in [4.78, 5) is 0. The first-order chi connectivity index (χ1) is 6.79. The van der Waals surface area contributed by atoms with Crippen LogP contribution in [0.5, 0.6) is 0 Å². The van der Waals surface area contributed by atoms with E-state index in [2.05, 4.69) is 62.3 Å². The first-order valence-electron chi connectivity index (χ1n) is 6.79. The van der Waals surface area contributed by atoms with Gasteiger partial charge in [0.25, 0.3) is 0 Å². The van der Waals surface area contributed by atoms with Crippen molar-refractivity contribution in [1.82, 2.24) is 0 Å². The largest absolute Gasteiger partial charge is 0.0605 e. The molecule has 0 aromatic heterocycles. The molecule has 0 rings (SSSR count). The normalized spacial score (nSPS) is 14.6. The van der Waals surface area contributed by atoms with Crippen molar-refractivity contribution in [1.29, 1.82) is 0 Å². The van der Waals surface area contributed by atoms with Crippen LogP contribution in [0.2, 0.25) is 18.1 Å². The Bertz CT molecular complexity index is 159. The third-order valence-electron chi connectivity index (χ3n) is 2.70. The van der Waals surface area contributed by atoms with Gasteiger partial charge in [0.15, 0.2) is 0 Å². The van der Waals surface area contributed by atoms with E-state index >= 15 is 0 Å². The summed E-state index contributed by atoms with van der Waals surface area (Å²) in [6.45, 7) is 21.6. The van der Waals surface area contributed by atoms with Gasteiger partial charge in [-0.15, -0.1) is 0 Å². The Balaban J connectivity index is 4.53. The summed E-state index contributed by atoms with van der Waals surface area (Å²) in [6.07, 6.45) is 0. The lowest BCUT2D eigenvalue weighted by atomic mass is 9.99. The SMILES string of the molecule is CC(C)(C)C[SiH](CC(C)(C)C)CC(C)(C)C. The van der Waals surface area contributed by atoms with Crippen LogP contribution in [0.1, 0.15) is 62.3 Å². The predicted octanol–water partition coefficient (Wildman–Crippen LogP) is 5.35. The van der Waals surface area contributed by atoms with Crippen LogP contribution in [0.25, 0.3) is 0 Å². The maximum Gasteiger partial charge on any atom is 0.0383 e. The minimum Gasteiger partial charge on any atom is -0.0605 e. The van der Waals surface area contributed by atoms with Crippen LogP contribution >= 0.6 is 0 Å². The fraction of sp³-hybridized carbons (Fsp3) is 1.00. The number of hydrogen-bond acceptors (Lipinski definition) is 0. The van der Waals surface area contributed by atoms with Crippen molar-refractivity contribution in [2.75, 3.05) is 0 Å². The first kappa shape index (κ1) is 16.2. The molecule has 0 bridgehead atoms. The molecule has 0 aromatic rings. The summed E-state index contributed by atoms with van der Waals surface area (Å²) in [5, 5.41) is 0. The van der Waals surface area contributed by atoms with Gasteiger partial charge in [-0.25, -0.2) is 0 Å². The monoisotopic (exact) mass is 242 g/mol. The zero-order valence-electron chi connectivity index (χ0n) is 13.2. The molecule has 0 aliphatic rings. The molecule has 0 saturated carbocycles. The second kappa shape index (κ2) is 5.24. The Hall–Kier alpha value is 0.217. The quantitative estimate of drug-likeness (QED) is 0.585. The molecule has 0 unspecified atom stereocenters. The molecular weight excluding hydrogens is 208 g/mol.